The molecule has 2 N–H and O–H groups in total. The molecule has 0 aliphatic heterocycles. The predicted octanol–water partition coefficient (Wildman–Crippen LogP) is -0.903. The molecule has 0 aliphatic rings. The predicted molar refractivity (Wildman–Crippen MR) is 54.7 cm³/mol. The first kappa shape index (κ1) is 14.3. The molecule has 0 spiro atoms. The summed E-state index contributed by atoms with van der Waals surface area (Å²) in [6.45, 7) is 1.79. The molecule has 0 aliphatic carbocycles. The molecule has 0 amide bonds. The van der Waals surface area contributed by atoms with Crippen molar-refractivity contribution in [3.63, 3.8) is 0 Å². The fraction of sp³-hybridized carbons (Fsp3) is 0.875. The number of hydrogen-bond acceptors (Lipinski definition) is 5. The summed E-state index contributed by atoms with van der Waals surface area (Å²) in [5, 5.41) is 8.68. The first-order valence-electron chi connectivity index (χ1n) is 4.56. The molecule has 0 aromatic carbocycles. The first-order chi connectivity index (χ1) is 6.91. The van der Waals surface area contributed by atoms with E-state index in [2.05, 4.69) is 9.46 Å². The van der Waals surface area contributed by atoms with E-state index in [0.29, 0.717) is 0 Å². The van der Waals surface area contributed by atoms with Gasteiger partial charge in [0.05, 0.1) is 19.3 Å². The molecule has 0 fully saturated rings. The molecule has 7 heteroatoms. The van der Waals surface area contributed by atoms with E-state index in [9.17, 15) is 13.2 Å². The molecule has 1 atom stereocenters. The first-order valence-corrected chi connectivity index (χ1v) is 6.21. The Balaban J connectivity index is 3.93. The average Bonchev–Trinajstić information content (AvgIpc) is 2.22. The monoisotopic (exact) mass is 239 g/mol. The topological polar surface area (TPSA) is 92.7 Å². The van der Waals surface area contributed by atoms with E-state index >= 15 is 0 Å². The molecule has 0 radical (unpaired) electrons. The number of ether oxygens (including phenoxy) is 1. The van der Waals surface area contributed by atoms with E-state index in [0.717, 1.165) is 0 Å². The Bertz CT molecular complexity index is 287. The summed E-state index contributed by atoms with van der Waals surface area (Å²) in [7, 11) is -2.25. The summed E-state index contributed by atoms with van der Waals surface area (Å²) in [6, 6.07) is 0. The van der Waals surface area contributed by atoms with Crippen LogP contribution in [0.4, 0.5) is 0 Å². The van der Waals surface area contributed by atoms with Crippen LogP contribution in [0, 0.1) is 5.92 Å². The number of esters is 1. The fourth-order valence-corrected chi connectivity index (χ4v) is 1.84. The second-order valence-electron chi connectivity index (χ2n) is 3.28. The largest absolute Gasteiger partial charge is 0.469 e. The highest BCUT2D eigenvalue weighted by molar-refractivity contribution is 7.89. The molecular weight excluding hydrogens is 222 g/mol. The summed E-state index contributed by atoms with van der Waals surface area (Å²) in [6.07, 6.45) is -0.167. The zero-order valence-electron chi connectivity index (χ0n) is 8.89. The van der Waals surface area contributed by atoms with Crippen molar-refractivity contribution in [3.05, 3.63) is 0 Å². The Morgan fingerprint density at radius 3 is 2.60 bits per heavy atom. The number of aliphatic hydroxyl groups is 1. The van der Waals surface area contributed by atoms with Gasteiger partial charge in [0.1, 0.15) is 0 Å². The lowest BCUT2D eigenvalue weighted by Gasteiger charge is -2.09. The standard InChI is InChI=1S/C8H17NO5S/c1-7(6-10)5-9-15(12,13)4-3-8(11)14-2/h7,9-10H,3-6H2,1-2H3. The molecule has 15 heavy (non-hydrogen) atoms. The van der Waals surface area contributed by atoms with Crippen LogP contribution in [-0.2, 0) is 19.6 Å². The molecule has 90 valence electrons. The SMILES string of the molecule is COC(=O)CCS(=O)(=O)NCC(C)CO. The molecule has 0 aromatic heterocycles. The number of nitrogens with one attached hydrogen (secondary N) is 1. The van der Waals surface area contributed by atoms with E-state index < -0.39 is 16.0 Å². The van der Waals surface area contributed by atoms with Crippen LogP contribution in [0.25, 0.3) is 0 Å². The number of carbonyl (C=O) groups is 1. The average molecular weight is 239 g/mol. The van der Waals surface area contributed by atoms with E-state index in [1.54, 1.807) is 6.92 Å². The van der Waals surface area contributed by atoms with Crippen molar-refractivity contribution in [2.45, 2.75) is 13.3 Å². The van der Waals surface area contributed by atoms with Crippen molar-refractivity contribution in [1.82, 2.24) is 4.72 Å². The van der Waals surface area contributed by atoms with Gasteiger partial charge in [-0.3, -0.25) is 4.79 Å². The Hall–Kier alpha value is -0.660. The van der Waals surface area contributed by atoms with Crippen LogP contribution >= 0.6 is 0 Å². The summed E-state index contributed by atoms with van der Waals surface area (Å²) in [5.74, 6) is -0.994. The molecule has 0 saturated carbocycles. The van der Waals surface area contributed by atoms with E-state index in [4.69, 9.17) is 5.11 Å². The number of methoxy groups -OCH3 is 1. The number of carbonyl (C=O) groups excluding carboxylic acids is 1. The molecular formula is C8H17NO5S. The van der Waals surface area contributed by atoms with E-state index in [1.807, 2.05) is 0 Å². The van der Waals surface area contributed by atoms with Gasteiger partial charge in [-0.05, 0) is 5.92 Å². The minimum absolute atomic E-state index is 0.0838. The maximum Gasteiger partial charge on any atom is 0.306 e. The van der Waals surface area contributed by atoms with Crippen molar-refractivity contribution in [2.75, 3.05) is 26.0 Å². The maximum atomic E-state index is 11.3. The molecule has 0 heterocycles. The van der Waals surface area contributed by atoms with Crippen molar-refractivity contribution in [1.29, 1.82) is 0 Å². The van der Waals surface area contributed by atoms with Gasteiger partial charge < -0.3 is 9.84 Å². The van der Waals surface area contributed by atoms with Crippen molar-refractivity contribution in [3.8, 4) is 0 Å². The zero-order chi connectivity index (χ0) is 11.9. The lowest BCUT2D eigenvalue weighted by molar-refractivity contribution is -0.140. The Morgan fingerprint density at radius 2 is 2.13 bits per heavy atom. The zero-order valence-corrected chi connectivity index (χ0v) is 9.71. The minimum Gasteiger partial charge on any atom is -0.469 e. The molecule has 0 bridgehead atoms. The van der Waals surface area contributed by atoms with Gasteiger partial charge in [0.15, 0.2) is 0 Å². The second-order valence-corrected chi connectivity index (χ2v) is 5.21. The Kier molecular flexibility index (Phi) is 6.46. The third kappa shape index (κ3) is 7.29. The van der Waals surface area contributed by atoms with Crippen LogP contribution in [0.1, 0.15) is 13.3 Å². The number of aliphatic hydroxyl groups excluding tert-OH is 1. The van der Waals surface area contributed by atoms with E-state index in [1.165, 1.54) is 7.11 Å². The quantitative estimate of drug-likeness (QED) is 0.561. The summed E-state index contributed by atoms with van der Waals surface area (Å²) in [5.41, 5.74) is 0. The summed E-state index contributed by atoms with van der Waals surface area (Å²) >= 11 is 0. The van der Waals surface area contributed by atoms with Crippen molar-refractivity contribution >= 4 is 16.0 Å². The van der Waals surface area contributed by atoms with Crippen LogP contribution in [0.5, 0.6) is 0 Å². The molecule has 0 aromatic rings. The highest BCUT2D eigenvalue weighted by atomic mass is 32.2. The minimum atomic E-state index is -3.45. The van der Waals surface area contributed by atoms with Gasteiger partial charge >= 0.3 is 5.97 Å². The molecule has 6 nitrogen and oxygen atoms in total. The Morgan fingerprint density at radius 1 is 1.53 bits per heavy atom. The van der Waals surface area contributed by atoms with Crippen LogP contribution in [0.3, 0.4) is 0 Å². The van der Waals surface area contributed by atoms with Crippen LogP contribution < -0.4 is 4.72 Å². The number of sulfonamides is 1. The highest BCUT2D eigenvalue weighted by Crippen LogP contribution is 1.95. The summed E-state index contributed by atoms with van der Waals surface area (Å²) < 4.78 is 29.2. The number of hydrogen-bond donors (Lipinski definition) is 2. The normalized spacial score (nSPS) is 13.5. The van der Waals surface area contributed by atoms with Gasteiger partial charge in [-0.15, -0.1) is 0 Å². The lowest BCUT2D eigenvalue weighted by Crippen LogP contribution is -2.32. The molecule has 1 unspecified atom stereocenters. The molecule has 0 rings (SSSR count). The molecule has 0 saturated heterocycles. The number of rotatable bonds is 7. The van der Waals surface area contributed by atoms with Gasteiger partial charge in [-0.25, -0.2) is 13.1 Å². The summed E-state index contributed by atoms with van der Waals surface area (Å²) in [4.78, 5) is 10.7. The smallest absolute Gasteiger partial charge is 0.306 e. The fourth-order valence-electron chi connectivity index (χ4n) is 0.726. The van der Waals surface area contributed by atoms with Gasteiger partial charge in [-0.1, -0.05) is 6.92 Å². The second kappa shape index (κ2) is 6.76. The third-order valence-corrected chi connectivity index (χ3v) is 3.11. The van der Waals surface area contributed by atoms with Crippen LogP contribution in [-0.4, -0.2) is 45.5 Å². The van der Waals surface area contributed by atoms with Crippen molar-refractivity contribution in [2.24, 2.45) is 5.92 Å². The van der Waals surface area contributed by atoms with E-state index in [-0.39, 0.29) is 31.2 Å². The van der Waals surface area contributed by atoms with Gasteiger partial charge in [0.2, 0.25) is 10.0 Å². The van der Waals surface area contributed by atoms with Gasteiger partial charge in [0, 0.05) is 13.2 Å². The maximum absolute atomic E-state index is 11.3. The van der Waals surface area contributed by atoms with Crippen LogP contribution in [0.2, 0.25) is 0 Å². The third-order valence-electron chi connectivity index (χ3n) is 1.77. The highest BCUT2D eigenvalue weighted by Gasteiger charge is 2.14. The van der Waals surface area contributed by atoms with Crippen molar-refractivity contribution < 1.29 is 23.1 Å². The van der Waals surface area contributed by atoms with Crippen LogP contribution in [0.15, 0.2) is 0 Å². The van der Waals surface area contributed by atoms with Gasteiger partial charge in [0.25, 0.3) is 0 Å². The van der Waals surface area contributed by atoms with Gasteiger partial charge in [-0.2, -0.15) is 0 Å². The lowest BCUT2D eigenvalue weighted by atomic mass is 10.2. The Labute approximate surface area is 89.7 Å².